The summed E-state index contributed by atoms with van der Waals surface area (Å²) >= 11 is 0. The van der Waals surface area contributed by atoms with Gasteiger partial charge in [-0.1, -0.05) is 12.1 Å². The van der Waals surface area contributed by atoms with Crippen LogP contribution in [0.5, 0.6) is 5.75 Å². The van der Waals surface area contributed by atoms with Crippen LogP contribution in [-0.2, 0) is 16.0 Å². The molecule has 0 bridgehead atoms. The average Bonchev–Trinajstić information content (AvgIpc) is 2.93. The molecule has 0 aliphatic carbocycles. The number of benzene rings is 1. The second kappa shape index (κ2) is 6.04. The third-order valence-corrected chi connectivity index (χ3v) is 3.51. The topological polar surface area (TPSA) is 75.8 Å². The summed E-state index contributed by atoms with van der Waals surface area (Å²) in [6, 6.07) is 6.33. The molecular formula is C14H20N2O3. The number of likely N-dealkylation sites (N-methyl/N-ethyl adjacent to an activating group) is 1. The molecule has 1 amide bonds. The zero-order valence-electron chi connectivity index (χ0n) is 11.1. The van der Waals surface area contributed by atoms with E-state index in [4.69, 9.17) is 10.5 Å². The molecule has 19 heavy (non-hydrogen) atoms. The monoisotopic (exact) mass is 264 g/mol. The zero-order chi connectivity index (χ0) is 13.8. The third kappa shape index (κ3) is 3.45. The number of amides is 1. The number of nitrogens with two attached hydrogens (primary N) is 1. The number of phenolic OH excluding ortho intramolecular Hbond substituents is 1. The summed E-state index contributed by atoms with van der Waals surface area (Å²) in [4.78, 5) is 13.9. The van der Waals surface area contributed by atoms with Crippen molar-refractivity contribution < 1.29 is 14.6 Å². The highest BCUT2D eigenvalue weighted by molar-refractivity contribution is 5.82. The lowest BCUT2D eigenvalue weighted by atomic mass is 10.0. The van der Waals surface area contributed by atoms with Crippen molar-refractivity contribution in [3.05, 3.63) is 29.8 Å². The van der Waals surface area contributed by atoms with Crippen LogP contribution in [0, 0.1) is 0 Å². The molecule has 1 aromatic rings. The van der Waals surface area contributed by atoms with Gasteiger partial charge in [-0.15, -0.1) is 0 Å². The Morgan fingerprint density at radius 3 is 2.79 bits per heavy atom. The van der Waals surface area contributed by atoms with Crippen LogP contribution in [0.2, 0.25) is 0 Å². The number of hydrogen-bond donors (Lipinski definition) is 2. The molecule has 1 heterocycles. The van der Waals surface area contributed by atoms with E-state index in [1.807, 2.05) is 0 Å². The van der Waals surface area contributed by atoms with Gasteiger partial charge in [-0.05, 0) is 30.5 Å². The van der Waals surface area contributed by atoms with Gasteiger partial charge in [0, 0.05) is 13.7 Å². The highest BCUT2D eigenvalue weighted by Gasteiger charge is 2.27. The second-order valence-corrected chi connectivity index (χ2v) is 4.94. The summed E-state index contributed by atoms with van der Waals surface area (Å²) in [5.41, 5.74) is 6.90. The van der Waals surface area contributed by atoms with Crippen LogP contribution in [0.15, 0.2) is 24.3 Å². The summed E-state index contributed by atoms with van der Waals surface area (Å²) in [6.07, 6.45) is 1.34. The van der Waals surface area contributed by atoms with Gasteiger partial charge in [-0.2, -0.15) is 0 Å². The fraction of sp³-hybridized carbons (Fsp3) is 0.500. The highest BCUT2D eigenvalue weighted by Crippen LogP contribution is 2.14. The first-order chi connectivity index (χ1) is 9.08. The summed E-state index contributed by atoms with van der Waals surface area (Å²) < 4.78 is 5.28. The van der Waals surface area contributed by atoms with Crippen molar-refractivity contribution in [1.82, 2.24) is 4.90 Å². The molecule has 0 spiro atoms. The van der Waals surface area contributed by atoms with Gasteiger partial charge < -0.3 is 20.5 Å². The molecule has 104 valence electrons. The van der Waals surface area contributed by atoms with Gasteiger partial charge >= 0.3 is 0 Å². The first-order valence-corrected chi connectivity index (χ1v) is 6.46. The van der Waals surface area contributed by atoms with Crippen molar-refractivity contribution in [3.63, 3.8) is 0 Å². The molecule has 1 aliphatic heterocycles. The largest absolute Gasteiger partial charge is 0.508 e. The Morgan fingerprint density at radius 2 is 2.21 bits per heavy atom. The maximum atomic E-state index is 12.2. The fourth-order valence-corrected chi connectivity index (χ4v) is 2.24. The maximum Gasteiger partial charge on any atom is 0.239 e. The lowest BCUT2D eigenvalue weighted by Crippen LogP contribution is -2.47. The van der Waals surface area contributed by atoms with Gasteiger partial charge in [0.05, 0.1) is 18.7 Å². The van der Waals surface area contributed by atoms with Crippen LogP contribution < -0.4 is 5.73 Å². The van der Waals surface area contributed by atoms with Crippen LogP contribution in [0.4, 0.5) is 0 Å². The molecule has 3 N–H and O–H groups in total. The molecule has 2 unspecified atom stereocenters. The van der Waals surface area contributed by atoms with Crippen LogP contribution in [0.25, 0.3) is 0 Å². The first-order valence-electron chi connectivity index (χ1n) is 6.46. The van der Waals surface area contributed by atoms with Crippen LogP contribution in [-0.4, -0.2) is 48.3 Å². The normalized spacial score (nSPS) is 20.2. The Hall–Kier alpha value is -1.59. The minimum atomic E-state index is -0.560. The van der Waals surface area contributed by atoms with Crippen LogP contribution in [0.3, 0.4) is 0 Å². The summed E-state index contributed by atoms with van der Waals surface area (Å²) in [6.45, 7) is 1.30. The van der Waals surface area contributed by atoms with E-state index in [2.05, 4.69) is 0 Å². The van der Waals surface area contributed by atoms with E-state index in [1.165, 1.54) is 0 Å². The maximum absolute atomic E-state index is 12.2. The third-order valence-electron chi connectivity index (χ3n) is 3.51. The zero-order valence-corrected chi connectivity index (χ0v) is 11.1. The van der Waals surface area contributed by atoms with E-state index >= 15 is 0 Å². The van der Waals surface area contributed by atoms with E-state index in [1.54, 1.807) is 36.2 Å². The first kappa shape index (κ1) is 13.8. The number of aromatic hydroxyl groups is 1. The molecule has 1 aromatic carbocycles. The lowest BCUT2D eigenvalue weighted by molar-refractivity contribution is -0.133. The Bertz CT molecular complexity index is 427. The summed E-state index contributed by atoms with van der Waals surface area (Å²) in [5.74, 6) is 0.146. The fourth-order valence-electron chi connectivity index (χ4n) is 2.24. The molecule has 1 saturated heterocycles. The van der Waals surface area contributed by atoms with E-state index in [0.29, 0.717) is 19.6 Å². The number of hydrogen-bond acceptors (Lipinski definition) is 4. The number of phenols is 1. The summed E-state index contributed by atoms with van der Waals surface area (Å²) in [7, 11) is 1.78. The number of nitrogens with zero attached hydrogens (tertiary/aromatic N) is 1. The van der Waals surface area contributed by atoms with Crippen LogP contribution >= 0.6 is 0 Å². The van der Waals surface area contributed by atoms with Crippen molar-refractivity contribution in [2.24, 2.45) is 5.73 Å². The van der Waals surface area contributed by atoms with Gasteiger partial charge in [0.2, 0.25) is 5.91 Å². The van der Waals surface area contributed by atoms with Crippen molar-refractivity contribution >= 4 is 5.91 Å². The van der Waals surface area contributed by atoms with Crippen molar-refractivity contribution in [1.29, 1.82) is 0 Å². The quantitative estimate of drug-likeness (QED) is 0.831. The molecule has 2 atom stereocenters. The Kier molecular flexibility index (Phi) is 4.39. The van der Waals surface area contributed by atoms with Gasteiger partial charge in [-0.25, -0.2) is 0 Å². The van der Waals surface area contributed by atoms with Gasteiger partial charge in [-0.3, -0.25) is 4.79 Å². The molecule has 1 aliphatic rings. The number of ether oxygens (including phenoxy) is 1. The van der Waals surface area contributed by atoms with Crippen molar-refractivity contribution in [2.45, 2.75) is 24.9 Å². The Balaban J connectivity index is 1.93. The molecule has 1 fully saturated rings. The predicted molar refractivity (Wildman–Crippen MR) is 71.8 cm³/mol. The second-order valence-electron chi connectivity index (χ2n) is 4.94. The van der Waals surface area contributed by atoms with Gasteiger partial charge in [0.15, 0.2) is 0 Å². The number of carbonyl (C=O) groups excluding carboxylic acids is 1. The van der Waals surface area contributed by atoms with E-state index in [-0.39, 0.29) is 17.7 Å². The standard InChI is InChI=1S/C14H20N2O3/c1-16(11-6-7-19-9-11)14(18)13(15)8-10-2-4-12(17)5-3-10/h2-5,11,13,17H,6-9,15H2,1H3. The smallest absolute Gasteiger partial charge is 0.239 e. The molecule has 0 aromatic heterocycles. The van der Waals surface area contributed by atoms with E-state index < -0.39 is 6.04 Å². The molecule has 5 heteroatoms. The predicted octanol–water partition coefficient (Wildman–Crippen LogP) is 0.509. The Labute approximate surface area is 113 Å². The SMILES string of the molecule is CN(C(=O)C(N)Cc1ccc(O)cc1)C1CCOC1. The molecule has 2 rings (SSSR count). The number of carbonyl (C=O) groups is 1. The van der Waals surface area contributed by atoms with Gasteiger partial charge in [0.1, 0.15) is 5.75 Å². The minimum Gasteiger partial charge on any atom is -0.508 e. The van der Waals surface area contributed by atoms with E-state index in [9.17, 15) is 9.90 Å². The summed E-state index contributed by atoms with van der Waals surface area (Å²) in [5, 5.41) is 9.21. The molecule has 0 saturated carbocycles. The van der Waals surface area contributed by atoms with Crippen molar-refractivity contribution in [2.75, 3.05) is 20.3 Å². The highest BCUT2D eigenvalue weighted by atomic mass is 16.5. The number of rotatable bonds is 4. The van der Waals surface area contributed by atoms with Crippen molar-refractivity contribution in [3.8, 4) is 5.75 Å². The molecular weight excluding hydrogens is 244 g/mol. The minimum absolute atomic E-state index is 0.0661. The van der Waals surface area contributed by atoms with Crippen LogP contribution in [0.1, 0.15) is 12.0 Å². The average molecular weight is 264 g/mol. The lowest BCUT2D eigenvalue weighted by Gasteiger charge is -2.26. The molecule has 5 nitrogen and oxygen atoms in total. The van der Waals surface area contributed by atoms with Gasteiger partial charge in [0.25, 0.3) is 0 Å². The Morgan fingerprint density at radius 1 is 1.53 bits per heavy atom. The van der Waals surface area contributed by atoms with E-state index in [0.717, 1.165) is 12.0 Å². The molecule has 0 radical (unpaired) electrons.